The van der Waals surface area contributed by atoms with E-state index < -0.39 is 10.0 Å². The number of pyridine rings is 1. The van der Waals surface area contributed by atoms with Gasteiger partial charge in [0.15, 0.2) is 0 Å². The summed E-state index contributed by atoms with van der Waals surface area (Å²) < 4.78 is 26.8. The molecule has 0 fully saturated rings. The number of hydrogen-bond donors (Lipinski definition) is 2. The number of thiocarbonyl (C=S) groups is 1. The van der Waals surface area contributed by atoms with Gasteiger partial charge in [-0.25, -0.2) is 13.1 Å². The summed E-state index contributed by atoms with van der Waals surface area (Å²) in [6.07, 6.45) is 1.46. The van der Waals surface area contributed by atoms with E-state index in [1.54, 1.807) is 0 Å². The summed E-state index contributed by atoms with van der Waals surface area (Å²) in [5.41, 5.74) is 5.44. The van der Waals surface area contributed by atoms with Gasteiger partial charge in [0, 0.05) is 12.7 Å². The maximum atomic E-state index is 12.1. The molecule has 0 aromatic carbocycles. The van der Waals surface area contributed by atoms with Crippen LogP contribution in [0.1, 0.15) is 26.5 Å². The van der Waals surface area contributed by atoms with E-state index >= 15 is 0 Å². The summed E-state index contributed by atoms with van der Waals surface area (Å²) in [7, 11) is -3.65. The van der Waals surface area contributed by atoms with Crippen molar-refractivity contribution in [2.75, 3.05) is 6.54 Å². The van der Waals surface area contributed by atoms with E-state index in [4.69, 9.17) is 18.0 Å². The second-order valence-electron chi connectivity index (χ2n) is 5.10. The number of aromatic nitrogens is 1. The van der Waals surface area contributed by atoms with Crippen LogP contribution >= 0.6 is 12.2 Å². The molecule has 1 aromatic rings. The first-order valence-corrected chi connectivity index (χ1v) is 7.27. The minimum atomic E-state index is -3.65. The molecule has 0 aliphatic rings. The Labute approximate surface area is 113 Å². The van der Waals surface area contributed by atoms with Gasteiger partial charge in [0.1, 0.15) is 15.6 Å². The van der Waals surface area contributed by atoms with Gasteiger partial charge in [-0.3, -0.25) is 4.98 Å². The van der Waals surface area contributed by atoms with Gasteiger partial charge in [-0.1, -0.05) is 33.0 Å². The lowest BCUT2D eigenvalue weighted by atomic mass is 9.98. The van der Waals surface area contributed by atoms with E-state index in [0.717, 1.165) is 0 Å². The Hall–Kier alpha value is -1.05. The highest BCUT2D eigenvalue weighted by Crippen LogP contribution is 2.16. The van der Waals surface area contributed by atoms with Crippen molar-refractivity contribution in [3.8, 4) is 0 Å². The van der Waals surface area contributed by atoms with Gasteiger partial charge in [-0.05, 0) is 17.5 Å². The summed E-state index contributed by atoms with van der Waals surface area (Å²) in [4.78, 5) is 3.88. The van der Waals surface area contributed by atoms with Gasteiger partial charge in [0.25, 0.3) is 0 Å². The highest BCUT2D eigenvalue weighted by atomic mass is 32.2. The van der Waals surface area contributed by atoms with Crippen LogP contribution in [0, 0.1) is 5.41 Å². The number of nitrogens with one attached hydrogen (secondary N) is 1. The van der Waals surface area contributed by atoms with Crippen LogP contribution in [0.15, 0.2) is 23.2 Å². The molecular formula is C11H17N3O2S2. The Morgan fingerprint density at radius 2 is 2.11 bits per heavy atom. The first-order valence-electron chi connectivity index (χ1n) is 5.38. The van der Waals surface area contributed by atoms with E-state index in [-0.39, 0.29) is 21.0 Å². The maximum absolute atomic E-state index is 12.1. The molecule has 0 saturated heterocycles. The summed E-state index contributed by atoms with van der Waals surface area (Å²) in [5, 5.41) is 0. The van der Waals surface area contributed by atoms with Crippen LogP contribution in [-0.4, -0.2) is 24.9 Å². The quantitative estimate of drug-likeness (QED) is 0.808. The third-order valence-corrected chi connectivity index (χ3v) is 3.71. The van der Waals surface area contributed by atoms with Crippen molar-refractivity contribution in [1.82, 2.24) is 9.71 Å². The Kier molecular flexibility index (Phi) is 4.41. The van der Waals surface area contributed by atoms with Crippen molar-refractivity contribution in [2.24, 2.45) is 11.1 Å². The highest BCUT2D eigenvalue weighted by molar-refractivity contribution is 7.89. The van der Waals surface area contributed by atoms with Crippen LogP contribution in [0.4, 0.5) is 0 Å². The van der Waals surface area contributed by atoms with E-state index in [9.17, 15) is 8.42 Å². The third kappa shape index (κ3) is 4.01. The molecule has 0 atom stereocenters. The SMILES string of the molecule is CC(C)(C)CNS(=O)(=O)c1cccnc1C(N)=S. The third-order valence-electron chi connectivity index (χ3n) is 2.09. The number of sulfonamides is 1. The smallest absolute Gasteiger partial charge is 0.242 e. The van der Waals surface area contributed by atoms with Gasteiger partial charge < -0.3 is 5.73 Å². The van der Waals surface area contributed by atoms with Crippen LogP contribution in [0.2, 0.25) is 0 Å². The molecule has 100 valence electrons. The summed E-state index contributed by atoms with van der Waals surface area (Å²) in [6, 6.07) is 2.97. The van der Waals surface area contributed by atoms with Crippen molar-refractivity contribution in [3.63, 3.8) is 0 Å². The number of hydrogen-bond acceptors (Lipinski definition) is 4. The number of nitrogens with two attached hydrogens (primary N) is 1. The second kappa shape index (κ2) is 5.29. The van der Waals surface area contributed by atoms with Crippen molar-refractivity contribution < 1.29 is 8.42 Å². The molecule has 1 aromatic heterocycles. The summed E-state index contributed by atoms with van der Waals surface area (Å²) in [5.74, 6) is 0. The summed E-state index contributed by atoms with van der Waals surface area (Å²) >= 11 is 4.80. The lowest BCUT2D eigenvalue weighted by molar-refractivity contribution is 0.407. The first-order chi connectivity index (χ1) is 8.13. The van der Waals surface area contributed by atoms with Crippen LogP contribution in [0.25, 0.3) is 0 Å². The minimum absolute atomic E-state index is 0.0155. The minimum Gasteiger partial charge on any atom is -0.388 e. The Morgan fingerprint density at radius 3 is 2.61 bits per heavy atom. The second-order valence-corrected chi connectivity index (χ2v) is 7.27. The molecule has 1 heterocycles. The molecule has 7 heteroatoms. The predicted octanol–water partition coefficient (Wildman–Crippen LogP) is 1.04. The fraction of sp³-hybridized carbons (Fsp3) is 0.455. The molecule has 1 rings (SSSR count). The molecule has 0 aliphatic heterocycles. The number of rotatable bonds is 4. The zero-order chi connectivity index (χ0) is 14.0. The van der Waals surface area contributed by atoms with E-state index in [1.807, 2.05) is 20.8 Å². The van der Waals surface area contributed by atoms with Gasteiger partial charge >= 0.3 is 0 Å². The molecule has 0 spiro atoms. The topological polar surface area (TPSA) is 85.1 Å². The lowest BCUT2D eigenvalue weighted by Gasteiger charge is -2.19. The molecule has 0 bridgehead atoms. The molecule has 3 N–H and O–H groups in total. The molecule has 0 unspecified atom stereocenters. The maximum Gasteiger partial charge on any atom is 0.242 e. The molecule has 0 saturated carbocycles. The largest absolute Gasteiger partial charge is 0.388 e. The van der Waals surface area contributed by atoms with Gasteiger partial charge in [-0.2, -0.15) is 0 Å². The van der Waals surface area contributed by atoms with Gasteiger partial charge in [-0.15, -0.1) is 0 Å². The van der Waals surface area contributed by atoms with E-state index in [2.05, 4.69) is 9.71 Å². The molecule has 0 radical (unpaired) electrons. The van der Waals surface area contributed by atoms with Gasteiger partial charge in [0.2, 0.25) is 10.0 Å². The summed E-state index contributed by atoms with van der Waals surface area (Å²) in [6.45, 7) is 6.13. The van der Waals surface area contributed by atoms with Crippen molar-refractivity contribution in [2.45, 2.75) is 25.7 Å². The molecule has 0 aliphatic carbocycles. The fourth-order valence-electron chi connectivity index (χ4n) is 1.18. The standard InChI is InChI=1S/C11H17N3O2S2/c1-11(2,3)7-14-18(15,16)8-5-4-6-13-9(8)10(12)17/h4-6,14H,7H2,1-3H3,(H2,12,17). The monoisotopic (exact) mass is 287 g/mol. The lowest BCUT2D eigenvalue weighted by Crippen LogP contribution is -2.33. The van der Waals surface area contributed by atoms with Crippen LogP contribution < -0.4 is 10.5 Å². The van der Waals surface area contributed by atoms with Crippen LogP contribution in [0.5, 0.6) is 0 Å². The van der Waals surface area contributed by atoms with Crippen molar-refractivity contribution in [3.05, 3.63) is 24.0 Å². The average Bonchev–Trinajstić information content (AvgIpc) is 2.26. The Morgan fingerprint density at radius 1 is 1.50 bits per heavy atom. The Bertz CT molecular complexity index is 548. The molecular weight excluding hydrogens is 270 g/mol. The molecule has 18 heavy (non-hydrogen) atoms. The van der Waals surface area contributed by atoms with Crippen LogP contribution in [-0.2, 0) is 10.0 Å². The molecule has 0 amide bonds. The average molecular weight is 287 g/mol. The predicted molar refractivity (Wildman–Crippen MR) is 74.8 cm³/mol. The zero-order valence-electron chi connectivity index (χ0n) is 10.6. The molecule has 5 nitrogen and oxygen atoms in total. The normalized spacial score (nSPS) is 12.4. The van der Waals surface area contributed by atoms with Crippen molar-refractivity contribution in [1.29, 1.82) is 0 Å². The van der Waals surface area contributed by atoms with Crippen molar-refractivity contribution >= 4 is 27.2 Å². The van der Waals surface area contributed by atoms with Crippen LogP contribution in [0.3, 0.4) is 0 Å². The zero-order valence-corrected chi connectivity index (χ0v) is 12.2. The Balaban J connectivity index is 3.10. The van der Waals surface area contributed by atoms with E-state index in [1.165, 1.54) is 18.3 Å². The van der Waals surface area contributed by atoms with E-state index in [0.29, 0.717) is 6.54 Å². The van der Waals surface area contributed by atoms with Gasteiger partial charge in [0.05, 0.1) is 0 Å². The first kappa shape index (κ1) is 15.0. The number of nitrogens with zero attached hydrogens (tertiary/aromatic N) is 1. The fourth-order valence-corrected chi connectivity index (χ4v) is 2.86. The highest BCUT2D eigenvalue weighted by Gasteiger charge is 2.22.